The van der Waals surface area contributed by atoms with Gasteiger partial charge in [-0.1, -0.05) is 11.4 Å². The van der Waals surface area contributed by atoms with E-state index in [0.717, 1.165) is 35.0 Å². The highest BCUT2D eigenvalue weighted by molar-refractivity contribution is 7.07. The lowest BCUT2D eigenvalue weighted by Gasteiger charge is -2.34. The Morgan fingerprint density at radius 1 is 1.31 bits per heavy atom. The average Bonchev–Trinajstić information content (AvgIpc) is 3.31. The SMILES string of the molecule is CCc1cc(C(F)(F)F)n2nc(C3CCCCN3C(=O)c3snnc3C)cc2n1. The van der Waals surface area contributed by atoms with Crippen LogP contribution >= 0.6 is 11.5 Å². The van der Waals surface area contributed by atoms with E-state index in [1.165, 1.54) is 0 Å². The smallest absolute Gasteiger partial charge is 0.329 e. The van der Waals surface area contributed by atoms with Gasteiger partial charge in [-0.05, 0) is 50.2 Å². The molecule has 0 aromatic carbocycles. The lowest BCUT2D eigenvalue weighted by Crippen LogP contribution is -2.38. The van der Waals surface area contributed by atoms with E-state index in [-0.39, 0.29) is 11.6 Å². The predicted octanol–water partition coefficient (Wildman–Crippen LogP) is 3.84. The summed E-state index contributed by atoms with van der Waals surface area (Å²) in [4.78, 5) is 19.4. The lowest BCUT2D eigenvalue weighted by molar-refractivity contribution is -0.142. The quantitative estimate of drug-likeness (QED) is 0.639. The molecule has 11 heteroatoms. The number of halogens is 3. The van der Waals surface area contributed by atoms with Crippen LogP contribution in [0.4, 0.5) is 13.2 Å². The van der Waals surface area contributed by atoms with E-state index < -0.39 is 17.9 Å². The molecular weight excluding hydrogens is 405 g/mol. The molecule has 3 aromatic heterocycles. The van der Waals surface area contributed by atoms with Crippen LogP contribution in [0.15, 0.2) is 12.1 Å². The molecule has 7 nitrogen and oxygen atoms in total. The van der Waals surface area contributed by atoms with Crippen LogP contribution in [0.1, 0.15) is 64.7 Å². The first-order valence-electron chi connectivity index (χ1n) is 9.36. The fourth-order valence-electron chi connectivity index (χ4n) is 3.63. The van der Waals surface area contributed by atoms with Gasteiger partial charge in [0.2, 0.25) is 0 Å². The minimum atomic E-state index is -4.55. The molecule has 1 aliphatic heterocycles. The maximum absolute atomic E-state index is 13.6. The fourth-order valence-corrected chi connectivity index (χ4v) is 4.24. The third-order valence-electron chi connectivity index (χ3n) is 5.10. The van der Waals surface area contributed by atoms with Gasteiger partial charge in [-0.15, -0.1) is 5.10 Å². The van der Waals surface area contributed by atoms with Crippen LogP contribution in [-0.4, -0.2) is 41.5 Å². The van der Waals surface area contributed by atoms with E-state index in [0.29, 0.717) is 41.3 Å². The number of piperidine rings is 1. The Balaban J connectivity index is 1.78. The molecule has 1 saturated heterocycles. The largest absolute Gasteiger partial charge is 0.433 e. The number of nitrogens with zero attached hydrogens (tertiary/aromatic N) is 6. The van der Waals surface area contributed by atoms with Gasteiger partial charge in [0.15, 0.2) is 5.65 Å². The van der Waals surface area contributed by atoms with Crippen LogP contribution in [0.3, 0.4) is 0 Å². The third-order valence-corrected chi connectivity index (χ3v) is 5.92. The van der Waals surface area contributed by atoms with Gasteiger partial charge >= 0.3 is 6.18 Å². The van der Waals surface area contributed by atoms with Crippen molar-refractivity contribution in [1.29, 1.82) is 0 Å². The fraction of sp³-hybridized carbons (Fsp3) is 0.500. The second kappa shape index (κ2) is 7.36. The Hall–Kier alpha value is -2.56. The van der Waals surface area contributed by atoms with Crippen LogP contribution in [0.2, 0.25) is 0 Å². The predicted molar refractivity (Wildman–Crippen MR) is 99.6 cm³/mol. The number of hydrogen-bond donors (Lipinski definition) is 0. The van der Waals surface area contributed by atoms with Crippen LogP contribution in [-0.2, 0) is 12.6 Å². The second-order valence-corrected chi connectivity index (χ2v) is 7.77. The minimum absolute atomic E-state index is 0.139. The highest BCUT2D eigenvalue weighted by Gasteiger charge is 2.37. The Labute approximate surface area is 168 Å². The molecule has 1 unspecified atom stereocenters. The number of amides is 1. The molecule has 0 saturated carbocycles. The first-order valence-corrected chi connectivity index (χ1v) is 10.1. The van der Waals surface area contributed by atoms with Crippen molar-refractivity contribution < 1.29 is 18.0 Å². The van der Waals surface area contributed by atoms with Crippen LogP contribution < -0.4 is 0 Å². The standard InChI is InChI=1S/C18H19F3N6OS/c1-3-11-8-14(18(19,20)21)27-15(22-11)9-12(24-27)13-6-4-5-7-26(13)17(28)16-10(2)23-25-29-16/h8-9,13H,3-7H2,1-2H3. The molecule has 3 aromatic rings. The van der Waals surface area contributed by atoms with Gasteiger partial charge in [0.05, 0.1) is 17.4 Å². The molecular formula is C18H19F3N6OS. The van der Waals surface area contributed by atoms with Gasteiger partial charge in [0, 0.05) is 18.3 Å². The summed E-state index contributed by atoms with van der Waals surface area (Å²) in [6.45, 7) is 3.98. The van der Waals surface area contributed by atoms with Crippen molar-refractivity contribution in [2.75, 3.05) is 6.54 Å². The summed E-state index contributed by atoms with van der Waals surface area (Å²) in [6, 6.07) is 2.17. The Kier molecular flexibility index (Phi) is 5.01. The van der Waals surface area contributed by atoms with E-state index in [1.54, 1.807) is 24.8 Å². The average molecular weight is 424 g/mol. The summed E-state index contributed by atoms with van der Waals surface area (Å²) in [6.07, 6.45) is -1.86. The Morgan fingerprint density at radius 2 is 2.10 bits per heavy atom. The maximum Gasteiger partial charge on any atom is 0.433 e. The van der Waals surface area contributed by atoms with Gasteiger partial charge in [0.1, 0.15) is 10.6 Å². The monoisotopic (exact) mass is 424 g/mol. The molecule has 0 aliphatic carbocycles. The number of fused-ring (bicyclic) bond motifs is 1. The number of likely N-dealkylation sites (tertiary alicyclic amines) is 1. The second-order valence-electron chi connectivity index (χ2n) is 7.02. The highest BCUT2D eigenvalue weighted by Crippen LogP contribution is 2.35. The molecule has 1 atom stereocenters. The molecule has 154 valence electrons. The molecule has 4 heterocycles. The van der Waals surface area contributed by atoms with Gasteiger partial charge in [-0.25, -0.2) is 9.50 Å². The molecule has 0 spiro atoms. The zero-order valence-electron chi connectivity index (χ0n) is 15.9. The number of alkyl halides is 3. The minimum Gasteiger partial charge on any atom is -0.329 e. The van der Waals surface area contributed by atoms with E-state index in [1.807, 2.05) is 0 Å². The van der Waals surface area contributed by atoms with Gasteiger partial charge in [-0.3, -0.25) is 4.79 Å². The Morgan fingerprint density at radius 3 is 2.76 bits per heavy atom. The maximum atomic E-state index is 13.6. The summed E-state index contributed by atoms with van der Waals surface area (Å²) in [5.41, 5.74) is 0.591. The van der Waals surface area contributed by atoms with Crippen molar-refractivity contribution in [3.63, 3.8) is 0 Å². The van der Waals surface area contributed by atoms with Crippen molar-refractivity contribution in [1.82, 2.24) is 29.1 Å². The zero-order chi connectivity index (χ0) is 20.8. The molecule has 4 rings (SSSR count). The first-order chi connectivity index (χ1) is 13.8. The summed E-state index contributed by atoms with van der Waals surface area (Å²) in [7, 11) is 0. The van der Waals surface area contributed by atoms with E-state index in [2.05, 4.69) is 19.7 Å². The molecule has 0 bridgehead atoms. The van der Waals surface area contributed by atoms with Crippen molar-refractivity contribution >= 4 is 23.1 Å². The van der Waals surface area contributed by atoms with E-state index in [9.17, 15) is 18.0 Å². The molecule has 29 heavy (non-hydrogen) atoms. The third kappa shape index (κ3) is 3.59. The van der Waals surface area contributed by atoms with Gasteiger partial charge in [0.25, 0.3) is 5.91 Å². The summed E-state index contributed by atoms with van der Waals surface area (Å²) >= 11 is 1.03. The number of aryl methyl sites for hydroxylation is 2. The highest BCUT2D eigenvalue weighted by atomic mass is 32.1. The molecule has 0 radical (unpaired) electrons. The van der Waals surface area contributed by atoms with E-state index in [4.69, 9.17) is 0 Å². The summed E-state index contributed by atoms with van der Waals surface area (Å²) in [5.74, 6) is -0.211. The molecule has 0 N–H and O–H groups in total. The van der Waals surface area contributed by atoms with Crippen LogP contribution in [0.25, 0.3) is 5.65 Å². The van der Waals surface area contributed by atoms with Crippen molar-refractivity contribution in [2.45, 2.75) is 51.7 Å². The van der Waals surface area contributed by atoms with Crippen molar-refractivity contribution in [2.24, 2.45) is 0 Å². The number of hydrogen-bond acceptors (Lipinski definition) is 6. The topological polar surface area (TPSA) is 76.3 Å². The van der Waals surface area contributed by atoms with Crippen molar-refractivity contribution in [3.8, 4) is 0 Å². The normalized spacial score (nSPS) is 17.8. The number of aromatic nitrogens is 5. The molecule has 1 aliphatic rings. The van der Waals surface area contributed by atoms with E-state index >= 15 is 0 Å². The number of carbonyl (C=O) groups is 1. The lowest BCUT2D eigenvalue weighted by atomic mass is 9.99. The van der Waals surface area contributed by atoms with Gasteiger partial charge in [-0.2, -0.15) is 18.3 Å². The van der Waals surface area contributed by atoms with Crippen molar-refractivity contribution in [3.05, 3.63) is 39.8 Å². The first kappa shape index (κ1) is 19.7. The summed E-state index contributed by atoms with van der Waals surface area (Å²) < 4.78 is 45.3. The summed E-state index contributed by atoms with van der Waals surface area (Å²) in [5, 5.41) is 8.12. The number of rotatable bonds is 3. The van der Waals surface area contributed by atoms with Gasteiger partial charge < -0.3 is 4.90 Å². The zero-order valence-corrected chi connectivity index (χ0v) is 16.7. The Bertz CT molecular complexity index is 1060. The van der Waals surface area contributed by atoms with Crippen LogP contribution in [0, 0.1) is 6.92 Å². The molecule has 1 fully saturated rings. The number of carbonyl (C=O) groups excluding carboxylic acids is 1. The molecule has 1 amide bonds. The van der Waals surface area contributed by atoms with Crippen LogP contribution in [0.5, 0.6) is 0 Å².